The zero-order valence-corrected chi connectivity index (χ0v) is 19.1. The molecular weight excluding hydrogens is 434 g/mol. The summed E-state index contributed by atoms with van der Waals surface area (Å²) in [5, 5.41) is 16.9. The number of quaternary nitrogens is 1. The highest BCUT2D eigenvalue weighted by atomic mass is 16.4. The number of hydrogen-bond donors (Lipinski definition) is 5. The highest BCUT2D eigenvalue weighted by Gasteiger charge is 2.28. The lowest BCUT2D eigenvalue weighted by Gasteiger charge is -2.24. The van der Waals surface area contributed by atoms with E-state index in [-0.39, 0.29) is 43.0 Å². The van der Waals surface area contributed by atoms with Gasteiger partial charge in [0, 0.05) is 31.7 Å². The molecule has 1 aliphatic rings. The summed E-state index contributed by atoms with van der Waals surface area (Å²) < 4.78 is 0. The van der Waals surface area contributed by atoms with E-state index in [0.717, 1.165) is 4.90 Å². The van der Waals surface area contributed by atoms with Gasteiger partial charge in [-0.1, -0.05) is 20.3 Å². The molecule has 6 amide bonds. The number of aliphatic carboxylic acids is 1. The number of urea groups is 1. The molecule has 0 aliphatic carbocycles. The first-order valence-electron chi connectivity index (χ1n) is 11.0. The Bertz CT molecular complexity index is 763. The quantitative estimate of drug-likeness (QED) is 0.149. The molecule has 1 rings (SSSR count). The van der Waals surface area contributed by atoms with E-state index >= 15 is 0 Å². The fourth-order valence-electron chi connectivity index (χ4n) is 3.22. The minimum Gasteiger partial charge on any atom is -0.480 e. The molecule has 0 aromatic heterocycles. The van der Waals surface area contributed by atoms with E-state index < -0.39 is 30.0 Å². The zero-order chi connectivity index (χ0) is 25.0. The van der Waals surface area contributed by atoms with E-state index in [1.54, 1.807) is 13.8 Å². The van der Waals surface area contributed by atoms with Crippen molar-refractivity contribution in [3.63, 3.8) is 0 Å². The topological polar surface area (TPSA) is 190 Å². The minimum absolute atomic E-state index is 0.109. The summed E-state index contributed by atoms with van der Waals surface area (Å²) in [7, 11) is 0. The third-order valence-corrected chi connectivity index (χ3v) is 5.06. The number of carboxylic acid groups (broad SMARTS) is 1. The number of imide groups is 1. The summed E-state index contributed by atoms with van der Waals surface area (Å²) in [6.45, 7) is 4.01. The number of unbranched alkanes of at least 4 members (excludes halogenated alkanes) is 2. The zero-order valence-electron chi connectivity index (χ0n) is 19.1. The number of carboxylic acids is 1. The van der Waals surface area contributed by atoms with Crippen molar-refractivity contribution in [3.8, 4) is 0 Å². The molecule has 7 N–H and O–H groups in total. The Kier molecular flexibility index (Phi) is 11.8. The predicted molar refractivity (Wildman–Crippen MR) is 116 cm³/mol. The van der Waals surface area contributed by atoms with Gasteiger partial charge in [0.1, 0.15) is 12.1 Å². The van der Waals surface area contributed by atoms with Gasteiger partial charge in [0.05, 0.1) is 0 Å². The fourth-order valence-corrected chi connectivity index (χ4v) is 3.22. The molecule has 33 heavy (non-hydrogen) atoms. The lowest BCUT2D eigenvalue weighted by Crippen LogP contribution is -2.63. The summed E-state index contributed by atoms with van der Waals surface area (Å²) >= 11 is 0. The van der Waals surface area contributed by atoms with Gasteiger partial charge in [0.15, 0.2) is 0 Å². The van der Waals surface area contributed by atoms with Gasteiger partial charge in [0.2, 0.25) is 11.8 Å². The molecule has 184 valence electrons. The summed E-state index contributed by atoms with van der Waals surface area (Å²) in [5.41, 5.74) is 3.16. The molecule has 0 unspecified atom stereocenters. The Balaban J connectivity index is 2.43. The van der Waals surface area contributed by atoms with E-state index in [1.165, 1.54) is 12.2 Å². The van der Waals surface area contributed by atoms with Crippen molar-refractivity contribution in [2.24, 2.45) is 5.92 Å². The average molecular weight is 469 g/mol. The van der Waals surface area contributed by atoms with E-state index in [9.17, 15) is 33.9 Å². The molecule has 1 aliphatic heterocycles. The normalized spacial score (nSPS) is 14.8. The van der Waals surface area contributed by atoms with Gasteiger partial charge in [-0.3, -0.25) is 29.8 Å². The molecule has 0 spiro atoms. The van der Waals surface area contributed by atoms with Crippen LogP contribution in [0.15, 0.2) is 12.2 Å². The predicted octanol–water partition coefficient (Wildman–Crippen LogP) is -1.09. The van der Waals surface area contributed by atoms with Crippen LogP contribution in [-0.4, -0.2) is 70.8 Å². The van der Waals surface area contributed by atoms with Crippen molar-refractivity contribution in [2.45, 2.75) is 64.5 Å². The van der Waals surface area contributed by atoms with Gasteiger partial charge in [-0.15, -0.1) is 0 Å². The van der Waals surface area contributed by atoms with Crippen LogP contribution in [-0.2, 0) is 24.0 Å². The second kappa shape index (κ2) is 14.0. The first-order valence-corrected chi connectivity index (χ1v) is 11.0. The number of carbonyl (C=O) groups is 6. The van der Waals surface area contributed by atoms with Crippen LogP contribution in [0.3, 0.4) is 0 Å². The van der Waals surface area contributed by atoms with Gasteiger partial charge in [0.25, 0.3) is 11.8 Å². The van der Waals surface area contributed by atoms with E-state index in [4.69, 9.17) is 0 Å². The Morgan fingerprint density at radius 2 is 1.64 bits per heavy atom. The average Bonchev–Trinajstić information content (AvgIpc) is 3.05. The van der Waals surface area contributed by atoms with Crippen molar-refractivity contribution >= 4 is 35.6 Å². The fraction of sp³-hybridized carbons (Fsp3) is 0.619. The maximum atomic E-state index is 12.6. The maximum Gasteiger partial charge on any atom is 0.411 e. The van der Waals surface area contributed by atoms with E-state index in [2.05, 4.69) is 21.7 Å². The summed E-state index contributed by atoms with van der Waals surface area (Å²) in [6.07, 6.45) is 4.74. The molecule has 0 aromatic rings. The molecular formula is C21H34N5O7+. The number of nitrogens with one attached hydrogen (secondary N) is 3. The van der Waals surface area contributed by atoms with Crippen molar-refractivity contribution < 1.29 is 39.6 Å². The largest absolute Gasteiger partial charge is 0.480 e. The Hall–Kier alpha value is -3.28. The number of hydrogen-bond acceptors (Lipinski definition) is 6. The molecule has 12 nitrogen and oxygen atoms in total. The number of rotatable bonds is 15. The standard InChI is InChI=1S/C21H33N5O7/c1-13(2)18(19(30)24-14(20(31)32)7-6-11-23-21(22)33)25-15(27)8-4-3-5-12-26-16(28)9-10-17(26)29/h9-10,13-14,18H,3-8,11-12H2,1-2H3,(H,24,30)(H,25,27)(H,31,32)(H3,22,23,33)/p+1/t14-,18-/m0/s1. The Morgan fingerprint density at radius 3 is 2.18 bits per heavy atom. The summed E-state index contributed by atoms with van der Waals surface area (Å²) in [6, 6.07) is -2.52. The van der Waals surface area contributed by atoms with Crippen LogP contribution < -0.4 is 21.7 Å². The second-order valence-corrected chi connectivity index (χ2v) is 8.15. The lowest BCUT2D eigenvalue weighted by molar-refractivity contribution is -0.250. The minimum atomic E-state index is -1.21. The molecule has 1 heterocycles. The van der Waals surface area contributed by atoms with E-state index in [0.29, 0.717) is 32.2 Å². The highest BCUT2D eigenvalue weighted by Crippen LogP contribution is 2.09. The van der Waals surface area contributed by atoms with Crippen LogP contribution in [0.2, 0.25) is 0 Å². The number of carbonyl (C=O) groups excluding carboxylic acids is 5. The Morgan fingerprint density at radius 1 is 1.00 bits per heavy atom. The van der Waals surface area contributed by atoms with Gasteiger partial charge in [-0.2, -0.15) is 0 Å². The lowest BCUT2D eigenvalue weighted by atomic mass is 10.0. The molecule has 2 atom stereocenters. The smallest absolute Gasteiger partial charge is 0.411 e. The molecule has 0 bridgehead atoms. The van der Waals surface area contributed by atoms with Crippen molar-refractivity contribution in [3.05, 3.63) is 12.2 Å². The van der Waals surface area contributed by atoms with Crippen LogP contribution >= 0.6 is 0 Å². The van der Waals surface area contributed by atoms with Crippen molar-refractivity contribution in [1.29, 1.82) is 0 Å². The molecule has 0 aromatic carbocycles. The first-order chi connectivity index (χ1) is 15.5. The van der Waals surface area contributed by atoms with Crippen LogP contribution in [0.4, 0.5) is 4.79 Å². The molecule has 0 radical (unpaired) electrons. The van der Waals surface area contributed by atoms with Crippen LogP contribution in [0.5, 0.6) is 0 Å². The highest BCUT2D eigenvalue weighted by molar-refractivity contribution is 6.12. The Labute approximate surface area is 192 Å². The molecule has 0 saturated carbocycles. The van der Waals surface area contributed by atoms with Crippen LogP contribution in [0, 0.1) is 5.92 Å². The van der Waals surface area contributed by atoms with Gasteiger partial charge in [-0.05, 0) is 31.6 Å². The monoisotopic (exact) mass is 468 g/mol. The van der Waals surface area contributed by atoms with Crippen LogP contribution in [0.25, 0.3) is 0 Å². The number of nitrogens with zero attached hydrogens (tertiary/aromatic N) is 1. The van der Waals surface area contributed by atoms with Crippen molar-refractivity contribution in [2.75, 3.05) is 13.1 Å². The van der Waals surface area contributed by atoms with E-state index in [1.807, 2.05) is 0 Å². The first kappa shape index (κ1) is 27.8. The maximum absolute atomic E-state index is 12.6. The third-order valence-electron chi connectivity index (χ3n) is 5.06. The van der Waals surface area contributed by atoms with Gasteiger partial charge < -0.3 is 21.1 Å². The SMILES string of the molecule is CC(C)[C@H](NC(=O)CCCCCN1C(=O)C=CC1=O)C(=O)N[C@@H](CCCNC([NH3+])=O)C(=O)O. The number of amides is 6. The van der Waals surface area contributed by atoms with Crippen molar-refractivity contribution in [1.82, 2.24) is 20.9 Å². The molecule has 12 heteroatoms. The molecule has 0 fully saturated rings. The van der Waals surface area contributed by atoms with Crippen LogP contribution in [0.1, 0.15) is 52.4 Å². The second-order valence-electron chi connectivity index (χ2n) is 8.15. The van der Waals surface area contributed by atoms with Gasteiger partial charge in [-0.25, -0.2) is 9.59 Å². The van der Waals surface area contributed by atoms with Gasteiger partial charge >= 0.3 is 12.0 Å². The third kappa shape index (κ3) is 10.3. The summed E-state index contributed by atoms with van der Waals surface area (Å²) in [4.78, 5) is 71.3. The summed E-state index contributed by atoms with van der Waals surface area (Å²) in [5.74, 6) is -3.09. The molecule has 0 saturated heterocycles.